The van der Waals surface area contributed by atoms with Gasteiger partial charge in [0.25, 0.3) is 11.7 Å². The molecule has 23 heavy (non-hydrogen) atoms. The topological polar surface area (TPSA) is 84.6 Å². The Hall–Kier alpha value is -2.06. The lowest BCUT2D eigenvalue weighted by molar-refractivity contribution is 0.0503. The Balaban J connectivity index is 1.77. The molecular weight excluding hydrogens is 296 g/mol. The molecule has 1 N–H and O–H groups in total. The van der Waals surface area contributed by atoms with E-state index in [0.29, 0.717) is 12.4 Å². The van der Waals surface area contributed by atoms with Crippen LogP contribution in [0.4, 0.5) is 0 Å². The lowest BCUT2D eigenvalue weighted by Crippen LogP contribution is -2.44. The number of ether oxygens (including phenoxy) is 1. The van der Waals surface area contributed by atoms with E-state index in [1.54, 1.807) is 10.6 Å². The molecule has 0 aliphatic carbocycles. The molecule has 8 heteroatoms. The van der Waals surface area contributed by atoms with Crippen molar-refractivity contribution >= 4 is 11.7 Å². The molecular formula is C15H22N6O2. The van der Waals surface area contributed by atoms with E-state index >= 15 is 0 Å². The van der Waals surface area contributed by atoms with Crippen molar-refractivity contribution < 1.29 is 9.53 Å². The summed E-state index contributed by atoms with van der Waals surface area (Å²) in [5.41, 5.74) is 0.836. The Labute approximate surface area is 134 Å². The van der Waals surface area contributed by atoms with E-state index < -0.39 is 0 Å². The molecule has 1 saturated heterocycles. The molecule has 1 aliphatic heterocycles. The first kappa shape index (κ1) is 15.8. The first-order valence-electron chi connectivity index (χ1n) is 7.95. The molecule has 0 spiro atoms. The van der Waals surface area contributed by atoms with Gasteiger partial charge in [0, 0.05) is 31.6 Å². The van der Waals surface area contributed by atoms with Gasteiger partial charge in [0.1, 0.15) is 0 Å². The molecule has 0 bridgehead atoms. The molecule has 1 aliphatic rings. The highest BCUT2D eigenvalue weighted by Gasteiger charge is 2.34. The maximum absolute atomic E-state index is 12.6. The Morgan fingerprint density at radius 1 is 1.39 bits per heavy atom. The zero-order valence-electron chi connectivity index (χ0n) is 13.7. The molecule has 0 radical (unpaired) electrons. The van der Waals surface area contributed by atoms with Crippen molar-refractivity contribution in [3.63, 3.8) is 0 Å². The fourth-order valence-corrected chi connectivity index (χ4v) is 2.89. The monoisotopic (exact) mass is 318 g/mol. The molecule has 2 aromatic heterocycles. The predicted molar refractivity (Wildman–Crippen MR) is 84.3 cm³/mol. The molecule has 0 aromatic carbocycles. The number of carbonyl (C=O) groups excluding carboxylic acids is 1. The van der Waals surface area contributed by atoms with Crippen LogP contribution in [0.3, 0.4) is 0 Å². The summed E-state index contributed by atoms with van der Waals surface area (Å²) in [6.45, 7) is 9.12. The predicted octanol–water partition coefficient (Wildman–Crippen LogP) is 0.272. The van der Waals surface area contributed by atoms with Gasteiger partial charge < -0.3 is 10.1 Å². The van der Waals surface area contributed by atoms with Crippen molar-refractivity contribution in [2.75, 3.05) is 26.2 Å². The fourth-order valence-electron chi connectivity index (χ4n) is 2.89. The minimum atomic E-state index is -0.254. The third kappa shape index (κ3) is 3.18. The second kappa shape index (κ2) is 6.59. The van der Waals surface area contributed by atoms with Crippen molar-refractivity contribution in [1.82, 2.24) is 29.8 Å². The molecule has 3 heterocycles. The SMILES string of the molecule is CCO[C@H]1CN(CC)C[C@@H]1NC(=O)c1nnc2nc(C)ccn12. The van der Waals surface area contributed by atoms with Gasteiger partial charge in [0.05, 0.1) is 12.1 Å². The van der Waals surface area contributed by atoms with Crippen LogP contribution in [-0.4, -0.2) is 68.8 Å². The van der Waals surface area contributed by atoms with Crippen molar-refractivity contribution in [1.29, 1.82) is 0 Å². The first-order chi connectivity index (χ1) is 11.1. The number of fused-ring (bicyclic) bond motifs is 1. The maximum atomic E-state index is 12.6. The van der Waals surface area contributed by atoms with Crippen molar-refractivity contribution in [2.24, 2.45) is 0 Å². The van der Waals surface area contributed by atoms with E-state index in [0.717, 1.165) is 25.3 Å². The number of nitrogens with one attached hydrogen (secondary N) is 1. The molecule has 0 saturated carbocycles. The molecule has 124 valence electrons. The standard InChI is InChI=1S/C15H22N6O2/c1-4-20-8-11(12(9-20)23-5-2)17-14(22)13-18-19-15-16-10(3)6-7-21(13)15/h6-7,11-12H,4-5,8-9H2,1-3H3,(H,17,22)/t11-,12-/m0/s1. The molecule has 1 fully saturated rings. The number of hydrogen-bond acceptors (Lipinski definition) is 6. The lowest BCUT2D eigenvalue weighted by atomic mass is 10.2. The average molecular weight is 318 g/mol. The smallest absolute Gasteiger partial charge is 0.290 e. The van der Waals surface area contributed by atoms with E-state index in [-0.39, 0.29) is 23.9 Å². The van der Waals surface area contributed by atoms with Gasteiger partial charge in [-0.05, 0) is 26.5 Å². The van der Waals surface area contributed by atoms with E-state index in [1.807, 2.05) is 19.9 Å². The summed E-state index contributed by atoms with van der Waals surface area (Å²) in [4.78, 5) is 19.1. The van der Waals surface area contributed by atoms with Crippen molar-refractivity contribution in [3.8, 4) is 0 Å². The number of aromatic nitrogens is 4. The third-order valence-corrected chi connectivity index (χ3v) is 4.11. The van der Waals surface area contributed by atoms with Crippen LogP contribution in [0.25, 0.3) is 5.78 Å². The average Bonchev–Trinajstić information content (AvgIpc) is 3.11. The summed E-state index contributed by atoms with van der Waals surface area (Å²) < 4.78 is 7.36. The molecule has 3 rings (SSSR count). The molecule has 8 nitrogen and oxygen atoms in total. The number of likely N-dealkylation sites (N-methyl/N-ethyl adjacent to an activating group) is 1. The Bertz CT molecular complexity index is 700. The normalized spacial score (nSPS) is 21.9. The lowest BCUT2D eigenvalue weighted by Gasteiger charge is -2.19. The van der Waals surface area contributed by atoms with Crippen molar-refractivity contribution in [3.05, 3.63) is 23.8 Å². The second-order valence-electron chi connectivity index (χ2n) is 5.69. The molecule has 1 amide bonds. The van der Waals surface area contributed by atoms with Gasteiger partial charge in [-0.2, -0.15) is 0 Å². The van der Waals surface area contributed by atoms with Crippen LogP contribution in [0.2, 0.25) is 0 Å². The number of likely N-dealkylation sites (tertiary alicyclic amines) is 1. The zero-order valence-corrected chi connectivity index (χ0v) is 13.7. The summed E-state index contributed by atoms with van der Waals surface area (Å²) in [6, 6.07) is 1.78. The molecule has 2 aromatic rings. The molecule has 0 unspecified atom stereocenters. The number of hydrogen-bond donors (Lipinski definition) is 1. The number of aryl methyl sites for hydroxylation is 1. The van der Waals surface area contributed by atoms with Crippen LogP contribution in [0.5, 0.6) is 0 Å². The molecule has 2 atom stereocenters. The number of nitrogens with zero attached hydrogens (tertiary/aromatic N) is 5. The number of amides is 1. The van der Waals surface area contributed by atoms with Gasteiger partial charge in [0.2, 0.25) is 5.82 Å². The second-order valence-corrected chi connectivity index (χ2v) is 5.69. The van der Waals surface area contributed by atoms with Crippen LogP contribution in [-0.2, 0) is 4.74 Å². The van der Waals surface area contributed by atoms with E-state index in [4.69, 9.17) is 4.74 Å². The Kier molecular flexibility index (Phi) is 4.53. The van der Waals surface area contributed by atoms with Crippen LogP contribution in [0.1, 0.15) is 30.2 Å². The van der Waals surface area contributed by atoms with Gasteiger partial charge >= 0.3 is 0 Å². The zero-order chi connectivity index (χ0) is 16.4. The quantitative estimate of drug-likeness (QED) is 0.852. The first-order valence-corrected chi connectivity index (χ1v) is 7.95. The highest BCUT2D eigenvalue weighted by Crippen LogP contribution is 2.14. The number of carbonyl (C=O) groups is 1. The van der Waals surface area contributed by atoms with E-state index in [2.05, 4.69) is 32.3 Å². The maximum Gasteiger partial charge on any atom is 0.290 e. The van der Waals surface area contributed by atoms with Gasteiger partial charge in [-0.1, -0.05) is 6.92 Å². The van der Waals surface area contributed by atoms with Crippen LogP contribution in [0.15, 0.2) is 12.3 Å². The van der Waals surface area contributed by atoms with E-state index in [9.17, 15) is 4.79 Å². The van der Waals surface area contributed by atoms with Gasteiger partial charge in [-0.15, -0.1) is 10.2 Å². The van der Waals surface area contributed by atoms with E-state index in [1.165, 1.54) is 0 Å². The van der Waals surface area contributed by atoms with Gasteiger partial charge in [0.15, 0.2) is 0 Å². The Morgan fingerprint density at radius 3 is 2.96 bits per heavy atom. The minimum absolute atomic E-state index is 0.00320. The minimum Gasteiger partial charge on any atom is -0.375 e. The highest BCUT2D eigenvalue weighted by molar-refractivity contribution is 5.91. The van der Waals surface area contributed by atoms with Gasteiger partial charge in [-0.3, -0.25) is 14.1 Å². The number of rotatable bonds is 5. The third-order valence-electron chi connectivity index (χ3n) is 4.11. The highest BCUT2D eigenvalue weighted by atomic mass is 16.5. The summed E-state index contributed by atoms with van der Waals surface area (Å²) in [5.74, 6) is 0.423. The van der Waals surface area contributed by atoms with Crippen molar-refractivity contribution in [2.45, 2.75) is 32.9 Å². The fraction of sp³-hybridized carbons (Fsp3) is 0.600. The summed E-state index contributed by atoms with van der Waals surface area (Å²) in [5, 5.41) is 11.0. The Morgan fingerprint density at radius 2 is 2.22 bits per heavy atom. The summed E-state index contributed by atoms with van der Waals surface area (Å²) in [6.07, 6.45) is 1.77. The van der Waals surface area contributed by atoms with Crippen LogP contribution in [0, 0.1) is 6.92 Å². The largest absolute Gasteiger partial charge is 0.375 e. The van der Waals surface area contributed by atoms with Gasteiger partial charge in [-0.25, -0.2) is 4.98 Å². The summed E-state index contributed by atoms with van der Waals surface area (Å²) >= 11 is 0. The van der Waals surface area contributed by atoms with Crippen LogP contribution >= 0.6 is 0 Å². The summed E-state index contributed by atoms with van der Waals surface area (Å²) in [7, 11) is 0. The van der Waals surface area contributed by atoms with Crippen LogP contribution < -0.4 is 5.32 Å².